The number of rotatable bonds is 5. The van der Waals surface area contributed by atoms with Crippen LogP contribution >= 0.6 is 11.6 Å². The molecule has 1 unspecified atom stereocenters. The average molecular weight is 242 g/mol. The lowest BCUT2D eigenvalue weighted by atomic mass is 10.1. The molecule has 0 aliphatic carbocycles. The summed E-state index contributed by atoms with van der Waals surface area (Å²) in [5.74, 6) is 1.36. The molecule has 1 atom stereocenters. The zero-order chi connectivity index (χ0) is 12.0. The highest BCUT2D eigenvalue weighted by Crippen LogP contribution is 2.29. The zero-order valence-electron chi connectivity index (χ0n) is 9.44. The van der Waals surface area contributed by atoms with Crippen LogP contribution in [0.4, 0.5) is 0 Å². The Bertz CT molecular complexity index is 364. The summed E-state index contributed by atoms with van der Waals surface area (Å²) in [6.07, 6.45) is 1.71. The maximum atomic E-state index is 5.78. The van der Waals surface area contributed by atoms with Crippen LogP contribution in [-0.2, 0) is 0 Å². The largest absolute Gasteiger partial charge is 0.493 e. The number of nitrogens with two attached hydrogens (primary N) is 1. The Morgan fingerprint density at radius 3 is 2.75 bits per heavy atom. The summed E-state index contributed by atoms with van der Waals surface area (Å²) in [7, 11) is 1.60. The van der Waals surface area contributed by atoms with Gasteiger partial charge in [0, 0.05) is 11.6 Å². The average Bonchev–Trinajstić information content (AvgIpc) is 2.29. The first-order valence-corrected chi connectivity index (χ1v) is 5.44. The maximum absolute atomic E-state index is 5.78. The predicted octanol–water partition coefficient (Wildman–Crippen LogP) is 2.85. The Morgan fingerprint density at radius 2 is 2.19 bits per heavy atom. The van der Waals surface area contributed by atoms with E-state index in [4.69, 9.17) is 26.8 Å². The molecule has 0 spiro atoms. The van der Waals surface area contributed by atoms with Crippen LogP contribution in [0.1, 0.15) is 18.5 Å². The van der Waals surface area contributed by atoms with E-state index in [1.54, 1.807) is 13.2 Å². The molecular formula is C12H16ClNO2. The van der Waals surface area contributed by atoms with Gasteiger partial charge in [-0.25, -0.2) is 0 Å². The molecule has 0 bridgehead atoms. The van der Waals surface area contributed by atoms with Crippen LogP contribution in [0.3, 0.4) is 0 Å². The third-order valence-electron chi connectivity index (χ3n) is 2.14. The summed E-state index contributed by atoms with van der Waals surface area (Å²) in [6, 6.07) is 5.63. The van der Waals surface area contributed by atoms with E-state index in [9.17, 15) is 0 Å². The topological polar surface area (TPSA) is 44.5 Å². The number of hydrogen-bond donors (Lipinski definition) is 1. The summed E-state index contributed by atoms with van der Waals surface area (Å²) in [4.78, 5) is 0. The smallest absolute Gasteiger partial charge is 0.161 e. The summed E-state index contributed by atoms with van der Waals surface area (Å²) in [5, 5.41) is 0. The SMILES string of the molecule is COc1cc(C(C)N)ccc1OC/C=C/Cl. The maximum Gasteiger partial charge on any atom is 0.161 e. The van der Waals surface area contributed by atoms with Gasteiger partial charge in [-0.05, 0) is 30.7 Å². The highest BCUT2D eigenvalue weighted by Gasteiger charge is 2.07. The van der Waals surface area contributed by atoms with Crippen LogP contribution in [-0.4, -0.2) is 13.7 Å². The molecule has 4 heteroatoms. The van der Waals surface area contributed by atoms with E-state index in [1.807, 2.05) is 25.1 Å². The summed E-state index contributed by atoms with van der Waals surface area (Å²) >= 11 is 5.40. The lowest BCUT2D eigenvalue weighted by Gasteiger charge is -2.12. The van der Waals surface area contributed by atoms with Gasteiger partial charge >= 0.3 is 0 Å². The van der Waals surface area contributed by atoms with E-state index in [1.165, 1.54) is 5.54 Å². The summed E-state index contributed by atoms with van der Waals surface area (Å²) < 4.78 is 10.7. The van der Waals surface area contributed by atoms with E-state index < -0.39 is 0 Å². The lowest BCUT2D eigenvalue weighted by molar-refractivity contribution is 0.326. The van der Waals surface area contributed by atoms with Gasteiger partial charge < -0.3 is 15.2 Å². The molecule has 1 aromatic rings. The van der Waals surface area contributed by atoms with E-state index >= 15 is 0 Å². The number of benzene rings is 1. The van der Waals surface area contributed by atoms with Crippen molar-refractivity contribution in [3.63, 3.8) is 0 Å². The molecule has 1 rings (SSSR count). The van der Waals surface area contributed by atoms with Crippen molar-refractivity contribution in [3.8, 4) is 11.5 Å². The Morgan fingerprint density at radius 1 is 1.44 bits per heavy atom. The molecule has 0 fully saturated rings. The van der Waals surface area contributed by atoms with Gasteiger partial charge in [-0.3, -0.25) is 0 Å². The fourth-order valence-corrected chi connectivity index (χ4v) is 1.33. The molecule has 3 nitrogen and oxygen atoms in total. The van der Waals surface area contributed by atoms with Crippen molar-refractivity contribution in [2.24, 2.45) is 5.73 Å². The minimum atomic E-state index is -0.0225. The molecule has 1 aromatic carbocycles. The van der Waals surface area contributed by atoms with Gasteiger partial charge in [0.15, 0.2) is 11.5 Å². The van der Waals surface area contributed by atoms with E-state index in [-0.39, 0.29) is 6.04 Å². The van der Waals surface area contributed by atoms with Gasteiger partial charge in [-0.1, -0.05) is 17.7 Å². The Hall–Kier alpha value is -1.19. The number of methoxy groups -OCH3 is 1. The molecule has 2 N–H and O–H groups in total. The molecule has 0 aliphatic rings. The standard InChI is InChI=1S/C12H16ClNO2/c1-9(14)10-4-5-11(12(8-10)15-2)16-7-3-6-13/h3-6,8-9H,7,14H2,1-2H3/b6-3+. The van der Waals surface area contributed by atoms with Crippen LogP contribution < -0.4 is 15.2 Å². The Labute approximate surface area is 101 Å². The lowest BCUT2D eigenvalue weighted by Crippen LogP contribution is -2.05. The molecule has 0 heterocycles. The van der Waals surface area contributed by atoms with Crippen molar-refractivity contribution in [1.29, 1.82) is 0 Å². The van der Waals surface area contributed by atoms with Crippen molar-refractivity contribution in [1.82, 2.24) is 0 Å². The summed E-state index contributed by atoms with van der Waals surface area (Å²) in [5.41, 5.74) is 8.21. The second kappa shape index (κ2) is 6.40. The highest BCUT2D eigenvalue weighted by atomic mass is 35.5. The molecular weight excluding hydrogens is 226 g/mol. The molecule has 88 valence electrons. The molecule has 0 aliphatic heterocycles. The van der Waals surface area contributed by atoms with Gasteiger partial charge in [0.1, 0.15) is 6.61 Å². The van der Waals surface area contributed by atoms with Gasteiger partial charge in [-0.2, -0.15) is 0 Å². The van der Waals surface area contributed by atoms with Crippen molar-refractivity contribution in [2.75, 3.05) is 13.7 Å². The van der Waals surface area contributed by atoms with Crippen LogP contribution in [0.25, 0.3) is 0 Å². The highest BCUT2D eigenvalue weighted by molar-refractivity contribution is 6.25. The monoisotopic (exact) mass is 241 g/mol. The fourth-order valence-electron chi connectivity index (χ4n) is 1.26. The second-order valence-electron chi connectivity index (χ2n) is 3.37. The van der Waals surface area contributed by atoms with Crippen LogP contribution in [0.5, 0.6) is 11.5 Å². The van der Waals surface area contributed by atoms with Crippen molar-refractivity contribution < 1.29 is 9.47 Å². The molecule has 0 saturated carbocycles. The third-order valence-corrected chi connectivity index (χ3v) is 2.32. The first kappa shape index (κ1) is 12.9. The van der Waals surface area contributed by atoms with E-state index in [0.717, 1.165) is 5.56 Å². The quantitative estimate of drug-likeness (QED) is 0.862. The predicted molar refractivity (Wildman–Crippen MR) is 66.1 cm³/mol. The zero-order valence-corrected chi connectivity index (χ0v) is 10.2. The van der Waals surface area contributed by atoms with Crippen molar-refractivity contribution >= 4 is 11.6 Å². The van der Waals surface area contributed by atoms with Crippen LogP contribution in [0, 0.1) is 0 Å². The van der Waals surface area contributed by atoms with Crippen LogP contribution in [0.2, 0.25) is 0 Å². The number of halogens is 1. The first-order valence-electron chi connectivity index (χ1n) is 5.00. The molecule has 0 amide bonds. The van der Waals surface area contributed by atoms with Gasteiger partial charge in [0.2, 0.25) is 0 Å². The number of hydrogen-bond acceptors (Lipinski definition) is 3. The Balaban J connectivity index is 2.84. The van der Waals surface area contributed by atoms with Crippen LogP contribution in [0.15, 0.2) is 29.8 Å². The van der Waals surface area contributed by atoms with Crippen molar-refractivity contribution in [2.45, 2.75) is 13.0 Å². The Kier molecular flexibility index (Phi) is 5.15. The molecule has 0 saturated heterocycles. The minimum absolute atomic E-state index is 0.0225. The summed E-state index contributed by atoms with van der Waals surface area (Å²) in [6.45, 7) is 2.34. The molecule has 16 heavy (non-hydrogen) atoms. The van der Waals surface area contributed by atoms with E-state index in [0.29, 0.717) is 18.1 Å². The number of ether oxygens (including phenoxy) is 2. The van der Waals surface area contributed by atoms with Gasteiger partial charge in [0.05, 0.1) is 7.11 Å². The first-order chi connectivity index (χ1) is 7.69. The normalized spacial score (nSPS) is 12.8. The molecule has 0 radical (unpaired) electrons. The third kappa shape index (κ3) is 3.43. The van der Waals surface area contributed by atoms with Gasteiger partial charge in [-0.15, -0.1) is 0 Å². The van der Waals surface area contributed by atoms with E-state index in [2.05, 4.69) is 0 Å². The fraction of sp³-hybridized carbons (Fsp3) is 0.333. The van der Waals surface area contributed by atoms with Gasteiger partial charge in [0.25, 0.3) is 0 Å². The van der Waals surface area contributed by atoms with Crippen molar-refractivity contribution in [3.05, 3.63) is 35.4 Å². The minimum Gasteiger partial charge on any atom is -0.493 e. The molecule has 0 aromatic heterocycles. The second-order valence-corrected chi connectivity index (χ2v) is 3.62.